The van der Waals surface area contributed by atoms with E-state index in [1.165, 1.54) is 17.9 Å². The highest BCUT2D eigenvalue weighted by molar-refractivity contribution is 7.99. The summed E-state index contributed by atoms with van der Waals surface area (Å²) in [5, 5.41) is 6.47. The summed E-state index contributed by atoms with van der Waals surface area (Å²) in [5.41, 5.74) is 0.0735. The molecule has 1 amide bonds. The van der Waals surface area contributed by atoms with Gasteiger partial charge in [-0.1, -0.05) is 13.8 Å². The Labute approximate surface area is 133 Å². The fourth-order valence-corrected chi connectivity index (χ4v) is 3.90. The average molecular weight is 322 g/mol. The summed E-state index contributed by atoms with van der Waals surface area (Å²) in [6.45, 7) is 9.42. The van der Waals surface area contributed by atoms with Crippen molar-refractivity contribution in [1.29, 1.82) is 0 Å². The number of hydrogen-bond acceptors (Lipinski definition) is 4. The summed E-state index contributed by atoms with van der Waals surface area (Å²) < 4.78 is 0. The molecule has 0 aromatic heterocycles. The molecule has 2 N–H and O–H groups in total. The topological polar surface area (TPSA) is 44.4 Å². The maximum atomic E-state index is 12.3. The molecule has 20 heavy (non-hydrogen) atoms. The van der Waals surface area contributed by atoms with Crippen LogP contribution in [0.5, 0.6) is 0 Å². The van der Waals surface area contributed by atoms with Crippen LogP contribution in [-0.2, 0) is 4.79 Å². The van der Waals surface area contributed by atoms with Crippen molar-refractivity contribution in [3.8, 4) is 0 Å². The summed E-state index contributed by atoms with van der Waals surface area (Å²) >= 11 is 2.02. The summed E-state index contributed by atoms with van der Waals surface area (Å²) in [5.74, 6) is 2.63. The summed E-state index contributed by atoms with van der Waals surface area (Å²) in [6, 6.07) is -0.0295. The predicted octanol–water partition coefficient (Wildman–Crippen LogP) is 1.35. The van der Waals surface area contributed by atoms with E-state index in [2.05, 4.69) is 29.4 Å². The molecular formula is C14H28ClN3OS. The fraction of sp³-hybridized carbons (Fsp3) is 0.929. The number of amides is 1. The molecule has 0 saturated carbocycles. The first-order chi connectivity index (χ1) is 9.09. The van der Waals surface area contributed by atoms with Gasteiger partial charge in [-0.2, -0.15) is 11.8 Å². The molecule has 4 nitrogen and oxygen atoms in total. The lowest BCUT2D eigenvalue weighted by Gasteiger charge is -2.38. The van der Waals surface area contributed by atoms with Crippen molar-refractivity contribution in [2.24, 2.45) is 5.41 Å². The summed E-state index contributed by atoms with van der Waals surface area (Å²) in [7, 11) is 0. The van der Waals surface area contributed by atoms with E-state index in [1.807, 2.05) is 11.8 Å². The largest absolute Gasteiger partial charge is 0.353 e. The standard InChI is InChI=1S/C14H27N3OS.ClH/c1-14(2)4-3-5-15-12(14)13(18)16-6-7-17-8-10-19-11-9-17;/h12,15H,3-11H2,1-2H3,(H,16,18);1H. The molecule has 0 aromatic rings. The Morgan fingerprint density at radius 1 is 1.40 bits per heavy atom. The van der Waals surface area contributed by atoms with Gasteiger partial charge in [0.1, 0.15) is 0 Å². The minimum absolute atomic E-state index is 0. The first-order valence-electron chi connectivity index (χ1n) is 7.41. The predicted molar refractivity (Wildman–Crippen MR) is 88.8 cm³/mol. The first kappa shape index (κ1) is 18.1. The van der Waals surface area contributed by atoms with Gasteiger partial charge in [-0.3, -0.25) is 9.69 Å². The molecule has 6 heteroatoms. The van der Waals surface area contributed by atoms with Gasteiger partial charge in [0.05, 0.1) is 6.04 Å². The lowest BCUT2D eigenvalue weighted by atomic mass is 9.77. The second-order valence-corrected chi connectivity index (χ2v) is 7.45. The maximum absolute atomic E-state index is 12.3. The van der Waals surface area contributed by atoms with Crippen molar-refractivity contribution in [2.75, 3.05) is 44.2 Å². The van der Waals surface area contributed by atoms with Gasteiger partial charge in [-0.15, -0.1) is 12.4 Å². The molecule has 1 atom stereocenters. The van der Waals surface area contributed by atoms with Gasteiger partial charge in [0.25, 0.3) is 0 Å². The Morgan fingerprint density at radius 3 is 2.75 bits per heavy atom. The van der Waals surface area contributed by atoms with Crippen molar-refractivity contribution in [2.45, 2.75) is 32.7 Å². The van der Waals surface area contributed by atoms with Crippen molar-refractivity contribution in [1.82, 2.24) is 15.5 Å². The van der Waals surface area contributed by atoms with Crippen LogP contribution >= 0.6 is 24.2 Å². The Hall–Kier alpha value is 0.0300. The monoisotopic (exact) mass is 321 g/mol. The van der Waals surface area contributed by atoms with E-state index in [-0.39, 0.29) is 29.8 Å². The van der Waals surface area contributed by atoms with Crippen LogP contribution in [0.25, 0.3) is 0 Å². The van der Waals surface area contributed by atoms with Crippen molar-refractivity contribution >= 4 is 30.1 Å². The summed E-state index contributed by atoms with van der Waals surface area (Å²) in [4.78, 5) is 14.7. The lowest BCUT2D eigenvalue weighted by Crippen LogP contribution is -2.56. The van der Waals surface area contributed by atoms with Crippen LogP contribution in [0, 0.1) is 5.41 Å². The molecule has 2 fully saturated rings. The minimum atomic E-state index is -0.0295. The van der Waals surface area contributed by atoms with Gasteiger partial charge >= 0.3 is 0 Å². The Kier molecular flexibility index (Phi) is 7.65. The maximum Gasteiger partial charge on any atom is 0.237 e. The molecule has 1 unspecified atom stereocenters. The van der Waals surface area contributed by atoms with E-state index in [1.54, 1.807) is 0 Å². The molecule has 0 radical (unpaired) electrons. The third-order valence-corrected chi connectivity index (χ3v) is 5.16. The smallest absolute Gasteiger partial charge is 0.237 e. The molecule has 2 rings (SSSR count). The first-order valence-corrected chi connectivity index (χ1v) is 8.56. The third kappa shape index (κ3) is 5.10. The fourth-order valence-electron chi connectivity index (χ4n) is 2.92. The molecule has 2 heterocycles. The van der Waals surface area contributed by atoms with Crippen molar-refractivity contribution in [3.63, 3.8) is 0 Å². The Bertz CT molecular complexity index is 309. The Morgan fingerprint density at radius 2 is 2.10 bits per heavy atom. The van der Waals surface area contributed by atoms with E-state index in [0.29, 0.717) is 0 Å². The molecule has 2 aliphatic heterocycles. The van der Waals surface area contributed by atoms with Crippen LogP contribution in [-0.4, -0.2) is 61.1 Å². The zero-order chi connectivity index (χ0) is 13.7. The van der Waals surface area contributed by atoms with Crippen LogP contribution in [0.1, 0.15) is 26.7 Å². The molecule has 0 bridgehead atoms. The zero-order valence-corrected chi connectivity index (χ0v) is 14.2. The van der Waals surface area contributed by atoms with Crippen LogP contribution in [0.4, 0.5) is 0 Å². The normalized spacial score (nSPS) is 26.6. The van der Waals surface area contributed by atoms with Crippen LogP contribution in [0.3, 0.4) is 0 Å². The van der Waals surface area contributed by atoms with Gasteiger partial charge in [0, 0.05) is 37.7 Å². The van der Waals surface area contributed by atoms with Crippen molar-refractivity contribution < 1.29 is 4.79 Å². The SMILES string of the molecule is CC1(C)CCCNC1C(=O)NCCN1CCSCC1.Cl. The van der Waals surface area contributed by atoms with Gasteiger partial charge in [0.15, 0.2) is 0 Å². The Balaban J connectivity index is 0.00000200. The molecule has 118 valence electrons. The molecule has 2 saturated heterocycles. The second-order valence-electron chi connectivity index (χ2n) is 6.22. The number of thioether (sulfide) groups is 1. The van der Waals surface area contributed by atoms with E-state index in [4.69, 9.17) is 0 Å². The second kappa shape index (κ2) is 8.47. The van der Waals surface area contributed by atoms with Crippen molar-refractivity contribution in [3.05, 3.63) is 0 Å². The number of hydrogen-bond donors (Lipinski definition) is 2. The average Bonchev–Trinajstić information content (AvgIpc) is 2.39. The quantitative estimate of drug-likeness (QED) is 0.820. The third-order valence-electron chi connectivity index (χ3n) is 4.22. The van der Waals surface area contributed by atoms with E-state index < -0.39 is 0 Å². The number of piperidine rings is 1. The number of nitrogens with zero attached hydrogens (tertiary/aromatic N) is 1. The molecule has 0 spiro atoms. The zero-order valence-electron chi connectivity index (χ0n) is 12.6. The molecule has 0 aromatic carbocycles. The van der Waals surface area contributed by atoms with Crippen LogP contribution < -0.4 is 10.6 Å². The van der Waals surface area contributed by atoms with Crippen LogP contribution in [0.15, 0.2) is 0 Å². The highest BCUT2D eigenvalue weighted by atomic mass is 35.5. The minimum Gasteiger partial charge on any atom is -0.353 e. The van der Waals surface area contributed by atoms with E-state index in [0.717, 1.165) is 39.1 Å². The lowest BCUT2D eigenvalue weighted by molar-refractivity contribution is -0.126. The van der Waals surface area contributed by atoms with Gasteiger partial charge in [-0.05, 0) is 24.8 Å². The van der Waals surface area contributed by atoms with Gasteiger partial charge in [-0.25, -0.2) is 0 Å². The van der Waals surface area contributed by atoms with Gasteiger partial charge in [0.2, 0.25) is 5.91 Å². The summed E-state index contributed by atoms with van der Waals surface area (Å²) in [6.07, 6.45) is 2.30. The number of carbonyl (C=O) groups is 1. The molecular weight excluding hydrogens is 294 g/mol. The van der Waals surface area contributed by atoms with E-state index in [9.17, 15) is 4.79 Å². The number of nitrogens with one attached hydrogen (secondary N) is 2. The number of carbonyl (C=O) groups excluding carboxylic acids is 1. The van der Waals surface area contributed by atoms with E-state index >= 15 is 0 Å². The number of rotatable bonds is 4. The van der Waals surface area contributed by atoms with Gasteiger partial charge < -0.3 is 10.6 Å². The van der Waals surface area contributed by atoms with Crippen LogP contribution in [0.2, 0.25) is 0 Å². The number of halogens is 1. The molecule has 2 aliphatic rings. The highest BCUT2D eigenvalue weighted by Gasteiger charge is 2.36. The highest BCUT2D eigenvalue weighted by Crippen LogP contribution is 2.29. The molecule has 0 aliphatic carbocycles.